The Balaban J connectivity index is 4.64. The van der Waals surface area contributed by atoms with E-state index in [1.165, 1.54) is 0 Å². The van der Waals surface area contributed by atoms with E-state index in [4.69, 9.17) is 10.5 Å². The van der Waals surface area contributed by atoms with E-state index in [0.717, 1.165) is 32.4 Å². The van der Waals surface area contributed by atoms with Crippen LogP contribution in [0.1, 0.15) is 60.8 Å². The Kier molecular flexibility index (Phi) is 9.61. The number of unbranched alkanes of at least 4 members (excludes halogenated alkanes) is 1. The lowest BCUT2D eigenvalue weighted by Crippen LogP contribution is -2.40. The van der Waals surface area contributed by atoms with E-state index in [9.17, 15) is 4.79 Å². The molecule has 6 nitrogen and oxygen atoms in total. The van der Waals surface area contributed by atoms with E-state index >= 15 is 0 Å². The van der Waals surface area contributed by atoms with Gasteiger partial charge in [-0.2, -0.15) is 0 Å². The molecule has 0 saturated carbocycles. The number of ether oxygens (including phenoxy) is 1. The van der Waals surface area contributed by atoms with Crippen LogP contribution in [0.5, 0.6) is 0 Å². The minimum atomic E-state index is -0.494. The molecule has 0 rings (SSSR count). The maximum absolute atomic E-state index is 11.7. The van der Waals surface area contributed by atoms with Crippen molar-refractivity contribution in [1.29, 1.82) is 0 Å². The molecule has 3 N–H and O–H groups in total. The van der Waals surface area contributed by atoms with Crippen molar-refractivity contribution in [1.82, 2.24) is 10.2 Å². The van der Waals surface area contributed by atoms with Crippen LogP contribution in [0.15, 0.2) is 4.99 Å². The molecule has 0 aromatic carbocycles. The van der Waals surface area contributed by atoms with Crippen molar-refractivity contribution in [3.63, 3.8) is 0 Å². The zero-order chi connectivity index (χ0) is 17.2. The molecule has 0 fully saturated rings. The molecule has 1 atom stereocenters. The number of guanidine groups is 1. The van der Waals surface area contributed by atoms with E-state index in [0.29, 0.717) is 12.5 Å². The molecule has 0 heterocycles. The number of alkyl carbamates (subject to hydrolysis) is 1. The summed E-state index contributed by atoms with van der Waals surface area (Å²) in [7, 11) is 0. The molecule has 130 valence electrons. The van der Waals surface area contributed by atoms with Gasteiger partial charge in [0.25, 0.3) is 0 Å². The fraction of sp³-hybridized carbons (Fsp3) is 0.875. The van der Waals surface area contributed by atoms with Crippen molar-refractivity contribution in [3.05, 3.63) is 0 Å². The van der Waals surface area contributed by atoms with Gasteiger partial charge in [-0.25, -0.2) is 9.79 Å². The molecule has 0 aliphatic rings. The molecule has 1 unspecified atom stereocenters. The van der Waals surface area contributed by atoms with Gasteiger partial charge in [-0.05, 0) is 41.0 Å². The highest BCUT2D eigenvalue weighted by Crippen LogP contribution is 2.08. The second kappa shape index (κ2) is 10.3. The van der Waals surface area contributed by atoms with Crippen LogP contribution in [0.2, 0.25) is 0 Å². The fourth-order valence-electron chi connectivity index (χ4n) is 1.98. The smallest absolute Gasteiger partial charge is 0.407 e. The topological polar surface area (TPSA) is 79.9 Å². The van der Waals surface area contributed by atoms with Gasteiger partial charge in [0.15, 0.2) is 5.96 Å². The van der Waals surface area contributed by atoms with E-state index in [2.05, 4.69) is 17.2 Å². The Morgan fingerprint density at radius 3 is 2.32 bits per heavy atom. The Labute approximate surface area is 135 Å². The Morgan fingerprint density at radius 1 is 1.27 bits per heavy atom. The number of nitrogens with one attached hydrogen (secondary N) is 1. The van der Waals surface area contributed by atoms with Crippen molar-refractivity contribution in [2.75, 3.05) is 19.6 Å². The van der Waals surface area contributed by atoms with Gasteiger partial charge in [-0.1, -0.05) is 19.8 Å². The average Bonchev–Trinajstić information content (AvgIpc) is 2.41. The highest BCUT2D eigenvalue weighted by Gasteiger charge is 2.17. The zero-order valence-electron chi connectivity index (χ0n) is 15.1. The normalized spacial score (nSPS) is 13.6. The number of amides is 1. The number of nitrogens with zero attached hydrogens (tertiary/aromatic N) is 2. The molecule has 0 bridgehead atoms. The van der Waals surface area contributed by atoms with Crippen molar-refractivity contribution in [3.8, 4) is 0 Å². The molecule has 0 aromatic rings. The number of rotatable bonds is 8. The van der Waals surface area contributed by atoms with Crippen molar-refractivity contribution >= 4 is 12.1 Å². The Hall–Kier alpha value is -1.46. The van der Waals surface area contributed by atoms with Crippen molar-refractivity contribution in [2.45, 2.75) is 72.4 Å². The summed E-state index contributed by atoms with van der Waals surface area (Å²) in [5.74, 6) is 0.539. The summed E-state index contributed by atoms with van der Waals surface area (Å²) in [6.07, 6.45) is 2.62. The van der Waals surface area contributed by atoms with Crippen LogP contribution in [-0.2, 0) is 4.74 Å². The largest absolute Gasteiger partial charge is 0.444 e. The van der Waals surface area contributed by atoms with E-state index in [1.807, 2.05) is 39.5 Å². The Morgan fingerprint density at radius 2 is 1.86 bits per heavy atom. The minimum absolute atomic E-state index is 0.0203. The standard InChI is InChI=1S/C16H34N4O2/c1-7-10-11-13(19-14(17)20(8-2)9-3)12-18-15(21)22-16(4,5)6/h13H,7-12H2,1-6H3,(H2,17,19)(H,18,21). The molecule has 0 saturated heterocycles. The number of carbonyl (C=O) groups is 1. The number of nitrogens with two attached hydrogens (primary N) is 1. The van der Waals surface area contributed by atoms with Gasteiger partial charge >= 0.3 is 6.09 Å². The maximum Gasteiger partial charge on any atom is 0.407 e. The van der Waals surface area contributed by atoms with E-state index in [1.54, 1.807) is 0 Å². The number of carbonyl (C=O) groups excluding carboxylic acids is 1. The molecule has 1 amide bonds. The maximum atomic E-state index is 11.7. The van der Waals surface area contributed by atoms with Gasteiger partial charge < -0.3 is 20.7 Å². The number of aliphatic imine (C=N–C) groups is 1. The fourth-order valence-corrected chi connectivity index (χ4v) is 1.98. The molecule has 0 aromatic heterocycles. The lowest BCUT2D eigenvalue weighted by molar-refractivity contribution is 0.0524. The first-order valence-electron chi connectivity index (χ1n) is 8.28. The summed E-state index contributed by atoms with van der Waals surface area (Å²) in [5, 5.41) is 2.79. The summed E-state index contributed by atoms with van der Waals surface area (Å²) in [4.78, 5) is 18.3. The summed E-state index contributed by atoms with van der Waals surface area (Å²) < 4.78 is 5.25. The number of hydrogen-bond donors (Lipinski definition) is 2. The van der Waals surface area contributed by atoms with Gasteiger partial charge in [0.1, 0.15) is 5.60 Å². The lowest BCUT2D eigenvalue weighted by Gasteiger charge is -2.23. The van der Waals surface area contributed by atoms with Crippen LogP contribution in [0, 0.1) is 0 Å². The third-order valence-corrected chi connectivity index (χ3v) is 3.17. The second-order valence-corrected chi connectivity index (χ2v) is 6.34. The molecule has 6 heteroatoms. The van der Waals surface area contributed by atoms with E-state index in [-0.39, 0.29) is 6.04 Å². The van der Waals surface area contributed by atoms with Crippen LogP contribution < -0.4 is 11.1 Å². The third kappa shape index (κ3) is 9.47. The second-order valence-electron chi connectivity index (χ2n) is 6.34. The van der Waals surface area contributed by atoms with E-state index < -0.39 is 11.7 Å². The molecular weight excluding hydrogens is 280 g/mol. The summed E-state index contributed by atoms with van der Waals surface area (Å²) in [5.41, 5.74) is 5.56. The van der Waals surface area contributed by atoms with Crippen LogP contribution in [-0.4, -0.2) is 48.2 Å². The Bertz CT molecular complexity index is 347. The van der Waals surface area contributed by atoms with Crippen LogP contribution >= 0.6 is 0 Å². The summed E-state index contributed by atoms with van der Waals surface area (Å²) in [6, 6.07) is -0.0203. The average molecular weight is 314 g/mol. The van der Waals surface area contributed by atoms with Gasteiger partial charge in [0.05, 0.1) is 6.04 Å². The quantitative estimate of drug-likeness (QED) is 0.533. The monoisotopic (exact) mass is 314 g/mol. The first kappa shape index (κ1) is 20.5. The van der Waals surface area contributed by atoms with Crippen molar-refractivity contribution in [2.24, 2.45) is 10.7 Å². The molecule has 0 aliphatic carbocycles. The minimum Gasteiger partial charge on any atom is -0.444 e. The molecule has 0 aliphatic heterocycles. The molecule has 0 spiro atoms. The van der Waals surface area contributed by atoms with Gasteiger partial charge in [-0.15, -0.1) is 0 Å². The van der Waals surface area contributed by atoms with Crippen LogP contribution in [0.3, 0.4) is 0 Å². The first-order chi connectivity index (χ1) is 10.2. The molecule has 22 heavy (non-hydrogen) atoms. The highest BCUT2D eigenvalue weighted by atomic mass is 16.6. The van der Waals surface area contributed by atoms with Crippen LogP contribution in [0.4, 0.5) is 4.79 Å². The third-order valence-electron chi connectivity index (χ3n) is 3.17. The molecular formula is C16H34N4O2. The SMILES string of the molecule is CCCCC(CNC(=O)OC(C)(C)C)N=C(N)N(CC)CC. The first-order valence-corrected chi connectivity index (χ1v) is 8.28. The van der Waals surface area contributed by atoms with Gasteiger partial charge in [0.2, 0.25) is 0 Å². The molecule has 0 radical (unpaired) electrons. The summed E-state index contributed by atoms with van der Waals surface area (Å²) >= 11 is 0. The number of hydrogen-bond acceptors (Lipinski definition) is 3. The highest BCUT2D eigenvalue weighted by molar-refractivity contribution is 5.78. The lowest BCUT2D eigenvalue weighted by atomic mass is 10.1. The van der Waals surface area contributed by atoms with Gasteiger partial charge in [0, 0.05) is 19.6 Å². The summed E-state index contributed by atoms with van der Waals surface area (Å²) in [6.45, 7) is 13.9. The predicted octanol–water partition coefficient (Wildman–Crippen LogP) is 2.73. The van der Waals surface area contributed by atoms with Crippen LogP contribution in [0.25, 0.3) is 0 Å². The van der Waals surface area contributed by atoms with Crippen molar-refractivity contribution < 1.29 is 9.53 Å². The zero-order valence-corrected chi connectivity index (χ0v) is 15.1. The predicted molar refractivity (Wildman–Crippen MR) is 92.1 cm³/mol. The van der Waals surface area contributed by atoms with Gasteiger partial charge in [-0.3, -0.25) is 0 Å².